The summed E-state index contributed by atoms with van der Waals surface area (Å²) in [6, 6.07) is 0. The highest BCUT2D eigenvalue weighted by Gasteiger charge is 2.38. The van der Waals surface area contributed by atoms with Gasteiger partial charge in [-0.2, -0.15) is 0 Å². The molecule has 0 heterocycles. The second-order valence-electron chi connectivity index (χ2n) is 7.20. The van der Waals surface area contributed by atoms with Gasteiger partial charge in [-0.3, -0.25) is 0 Å². The molecule has 0 aromatic rings. The van der Waals surface area contributed by atoms with Crippen LogP contribution in [0.15, 0.2) is 23.7 Å². The Hall–Kier alpha value is -0.943. The van der Waals surface area contributed by atoms with Crippen LogP contribution in [-0.2, 0) is 4.43 Å². The zero-order chi connectivity index (χ0) is 15.5. The van der Waals surface area contributed by atoms with Gasteiger partial charge in [0, 0.05) is 12.0 Å². The van der Waals surface area contributed by atoms with Gasteiger partial charge >= 0.3 is 0 Å². The van der Waals surface area contributed by atoms with Crippen molar-refractivity contribution in [3.8, 4) is 0 Å². The van der Waals surface area contributed by atoms with Crippen molar-refractivity contribution in [3.05, 3.63) is 23.7 Å². The summed E-state index contributed by atoms with van der Waals surface area (Å²) in [4.78, 5) is 0. The molecule has 0 radical (unpaired) electrons. The van der Waals surface area contributed by atoms with Crippen molar-refractivity contribution in [2.45, 2.75) is 52.8 Å². The summed E-state index contributed by atoms with van der Waals surface area (Å²) < 4.78 is 6.25. The Kier molecular flexibility index (Phi) is 5.71. The van der Waals surface area contributed by atoms with Gasteiger partial charge in [0.25, 0.3) is 0 Å². The van der Waals surface area contributed by atoms with E-state index < -0.39 is 8.32 Å². The highest BCUT2D eigenvalue weighted by molar-refractivity contribution is 6.74. The van der Waals surface area contributed by atoms with Crippen LogP contribution in [0.2, 0.25) is 18.1 Å². The minimum Gasteiger partial charge on any atom is -0.416 e. The zero-order valence-electron chi connectivity index (χ0n) is 13.5. The van der Waals surface area contributed by atoms with Gasteiger partial charge in [0.2, 0.25) is 0 Å². The molecule has 0 fully saturated rings. The molecule has 6 N–H and O–H groups in total. The smallest absolute Gasteiger partial charge is 0.192 e. The Balaban J connectivity index is 4.94. The van der Waals surface area contributed by atoms with Crippen LogP contribution in [0.5, 0.6) is 0 Å². The lowest BCUT2D eigenvalue weighted by atomic mass is 9.85. The summed E-state index contributed by atoms with van der Waals surface area (Å²) in [6.45, 7) is 15.9. The number of rotatable bonds is 5. The Labute approximate surface area is 119 Å². The fourth-order valence-electron chi connectivity index (χ4n) is 1.31. The molecule has 0 saturated heterocycles. The van der Waals surface area contributed by atoms with Crippen LogP contribution in [0.25, 0.3) is 0 Å². The van der Waals surface area contributed by atoms with Crippen molar-refractivity contribution in [2.24, 2.45) is 22.6 Å². The summed E-state index contributed by atoms with van der Waals surface area (Å²) in [5.41, 5.74) is 17.4. The van der Waals surface area contributed by atoms with Crippen LogP contribution in [0, 0.1) is 5.41 Å². The van der Waals surface area contributed by atoms with E-state index in [1.165, 1.54) is 0 Å². The highest BCUT2D eigenvalue weighted by Crippen LogP contribution is 2.38. The van der Waals surface area contributed by atoms with Gasteiger partial charge < -0.3 is 21.6 Å². The SMILES string of the molecule is CC(C)(CO[Si](C)(C)C(C)(C)C)/C(C=C(N)N)=C/N. The van der Waals surface area contributed by atoms with Crippen LogP contribution in [0.4, 0.5) is 0 Å². The fourth-order valence-corrected chi connectivity index (χ4v) is 2.46. The summed E-state index contributed by atoms with van der Waals surface area (Å²) >= 11 is 0. The average Bonchev–Trinajstić information content (AvgIpc) is 2.21. The second kappa shape index (κ2) is 6.01. The van der Waals surface area contributed by atoms with E-state index in [2.05, 4.69) is 47.7 Å². The van der Waals surface area contributed by atoms with Crippen LogP contribution in [0.3, 0.4) is 0 Å². The number of hydrogen-bond donors (Lipinski definition) is 3. The third-order valence-corrected chi connectivity index (χ3v) is 8.36. The molecule has 0 aromatic heterocycles. The van der Waals surface area contributed by atoms with Crippen molar-refractivity contribution in [2.75, 3.05) is 6.61 Å². The molecule has 0 aliphatic heterocycles. The molecule has 0 unspecified atom stereocenters. The van der Waals surface area contributed by atoms with E-state index in [9.17, 15) is 0 Å². The molecule has 0 aromatic carbocycles. The van der Waals surface area contributed by atoms with Gasteiger partial charge in [0.05, 0.1) is 5.82 Å². The molecular weight excluding hydrogens is 254 g/mol. The molecule has 112 valence electrons. The summed E-state index contributed by atoms with van der Waals surface area (Å²) in [5.74, 6) is 0.261. The molecule has 0 amide bonds. The van der Waals surface area contributed by atoms with Gasteiger partial charge in [-0.25, -0.2) is 0 Å². The van der Waals surface area contributed by atoms with Gasteiger partial charge in [-0.15, -0.1) is 0 Å². The molecule has 5 heteroatoms. The van der Waals surface area contributed by atoms with E-state index in [0.29, 0.717) is 6.61 Å². The van der Waals surface area contributed by atoms with Crippen molar-refractivity contribution < 1.29 is 4.43 Å². The second-order valence-corrected chi connectivity index (χ2v) is 12.0. The minimum absolute atomic E-state index is 0.193. The molecule has 0 spiro atoms. The van der Waals surface area contributed by atoms with Crippen LogP contribution < -0.4 is 17.2 Å². The van der Waals surface area contributed by atoms with Crippen molar-refractivity contribution in [1.29, 1.82) is 0 Å². The van der Waals surface area contributed by atoms with Crippen LogP contribution in [0.1, 0.15) is 34.6 Å². The maximum Gasteiger partial charge on any atom is 0.192 e. The van der Waals surface area contributed by atoms with E-state index in [1.54, 1.807) is 12.3 Å². The number of hydrogen-bond acceptors (Lipinski definition) is 4. The Morgan fingerprint density at radius 1 is 1.11 bits per heavy atom. The first kappa shape index (κ1) is 18.1. The lowest BCUT2D eigenvalue weighted by Gasteiger charge is -2.39. The first-order chi connectivity index (χ1) is 8.33. The molecule has 0 saturated carbocycles. The third-order valence-electron chi connectivity index (χ3n) is 3.88. The topological polar surface area (TPSA) is 87.3 Å². The quantitative estimate of drug-likeness (QED) is 0.535. The third kappa shape index (κ3) is 5.28. The summed E-state index contributed by atoms with van der Waals surface area (Å²) in [6.07, 6.45) is 3.25. The first-order valence-electron chi connectivity index (χ1n) is 6.62. The van der Waals surface area contributed by atoms with E-state index in [-0.39, 0.29) is 16.3 Å². The summed E-state index contributed by atoms with van der Waals surface area (Å²) in [5, 5.41) is 0.193. The van der Waals surface area contributed by atoms with Crippen molar-refractivity contribution in [1.82, 2.24) is 0 Å². The van der Waals surface area contributed by atoms with E-state index in [4.69, 9.17) is 21.6 Å². The van der Waals surface area contributed by atoms with Crippen molar-refractivity contribution in [3.63, 3.8) is 0 Å². The zero-order valence-corrected chi connectivity index (χ0v) is 14.5. The Morgan fingerprint density at radius 3 is 1.89 bits per heavy atom. The van der Waals surface area contributed by atoms with E-state index in [1.807, 2.05) is 0 Å². The standard InChI is InChI=1S/C14H31N3OSi/c1-13(2,3)19(6,7)18-10-14(4,5)11(9-15)8-12(16)17/h8-9H,10,15-17H2,1-7H3/b11-9+. The van der Waals surface area contributed by atoms with E-state index in [0.717, 1.165) is 5.57 Å². The first-order valence-corrected chi connectivity index (χ1v) is 9.53. The molecule has 0 aliphatic carbocycles. The van der Waals surface area contributed by atoms with Gasteiger partial charge in [-0.1, -0.05) is 34.6 Å². The predicted molar refractivity (Wildman–Crippen MR) is 85.7 cm³/mol. The van der Waals surface area contributed by atoms with Gasteiger partial charge in [0.15, 0.2) is 8.32 Å². The molecule has 4 nitrogen and oxygen atoms in total. The minimum atomic E-state index is -1.76. The fraction of sp³-hybridized carbons (Fsp3) is 0.714. The molecule has 19 heavy (non-hydrogen) atoms. The normalized spacial score (nSPS) is 14.4. The lowest BCUT2D eigenvalue weighted by Crippen LogP contribution is -2.43. The van der Waals surface area contributed by atoms with Crippen molar-refractivity contribution >= 4 is 8.32 Å². The average molecular weight is 286 g/mol. The monoisotopic (exact) mass is 285 g/mol. The highest BCUT2D eigenvalue weighted by atomic mass is 28.4. The largest absolute Gasteiger partial charge is 0.416 e. The molecule has 0 atom stereocenters. The van der Waals surface area contributed by atoms with Gasteiger partial charge in [-0.05, 0) is 36.0 Å². The number of nitrogens with two attached hydrogens (primary N) is 3. The molecular formula is C14H31N3OSi. The number of allylic oxidation sites excluding steroid dienone is 1. The maximum atomic E-state index is 6.25. The Morgan fingerprint density at radius 2 is 1.58 bits per heavy atom. The summed E-state index contributed by atoms with van der Waals surface area (Å²) in [7, 11) is -1.76. The Bertz CT molecular complexity index is 361. The van der Waals surface area contributed by atoms with Crippen LogP contribution in [-0.4, -0.2) is 14.9 Å². The lowest BCUT2D eigenvalue weighted by molar-refractivity contribution is 0.196. The van der Waals surface area contributed by atoms with Gasteiger partial charge in [0.1, 0.15) is 0 Å². The van der Waals surface area contributed by atoms with Crippen LogP contribution >= 0.6 is 0 Å². The molecule has 0 bridgehead atoms. The molecule has 0 aliphatic rings. The predicted octanol–water partition coefficient (Wildman–Crippen LogP) is 2.64. The van der Waals surface area contributed by atoms with E-state index >= 15 is 0 Å². The maximum absolute atomic E-state index is 6.25. The molecule has 0 rings (SSSR count).